The first-order valence-corrected chi connectivity index (χ1v) is 9.78. The van der Waals surface area contributed by atoms with Gasteiger partial charge >= 0.3 is 0 Å². The van der Waals surface area contributed by atoms with Crippen molar-refractivity contribution in [2.24, 2.45) is 0 Å². The number of aromatic nitrogens is 2. The number of carbonyl (C=O) groups excluding carboxylic acids is 1. The minimum atomic E-state index is 0.0746. The Labute approximate surface area is 160 Å². The first-order valence-electron chi connectivity index (χ1n) is 9.78. The SMILES string of the molecule is O=C(c1cccc(-c2cncnc2)c1)N1CCCOC(CN2CCCC2)C1. The maximum Gasteiger partial charge on any atom is 0.253 e. The number of likely N-dealkylation sites (tertiary alicyclic amines) is 1. The van der Waals surface area contributed by atoms with Crippen LogP contribution in [0.2, 0.25) is 0 Å². The molecular weight excluding hydrogens is 340 g/mol. The van der Waals surface area contributed by atoms with Gasteiger partial charge in [-0.05, 0) is 50.0 Å². The normalized spacial score (nSPS) is 21.2. The van der Waals surface area contributed by atoms with Gasteiger partial charge in [-0.15, -0.1) is 0 Å². The van der Waals surface area contributed by atoms with Crippen molar-refractivity contribution < 1.29 is 9.53 Å². The first kappa shape index (κ1) is 18.1. The number of ether oxygens (including phenoxy) is 1. The van der Waals surface area contributed by atoms with Gasteiger partial charge in [0.05, 0.1) is 6.10 Å². The fourth-order valence-corrected chi connectivity index (χ4v) is 3.91. The van der Waals surface area contributed by atoms with Crippen molar-refractivity contribution in [2.45, 2.75) is 25.4 Å². The highest BCUT2D eigenvalue weighted by Gasteiger charge is 2.26. The summed E-state index contributed by atoms with van der Waals surface area (Å²) in [5.74, 6) is 0.0746. The molecule has 2 fully saturated rings. The molecule has 2 aliphatic rings. The second-order valence-electron chi connectivity index (χ2n) is 7.31. The zero-order valence-electron chi connectivity index (χ0n) is 15.6. The average molecular weight is 366 g/mol. The van der Waals surface area contributed by atoms with Crippen LogP contribution in [-0.4, -0.2) is 71.1 Å². The highest BCUT2D eigenvalue weighted by atomic mass is 16.5. The van der Waals surface area contributed by atoms with Crippen molar-refractivity contribution in [2.75, 3.05) is 39.3 Å². The Kier molecular flexibility index (Phi) is 5.75. The van der Waals surface area contributed by atoms with E-state index in [-0.39, 0.29) is 12.0 Å². The van der Waals surface area contributed by atoms with Gasteiger partial charge in [-0.3, -0.25) is 4.79 Å². The van der Waals surface area contributed by atoms with E-state index in [2.05, 4.69) is 14.9 Å². The average Bonchev–Trinajstić information content (AvgIpc) is 3.12. The third kappa shape index (κ3) is 4.51. The van der Waals surface area contributed by atoms with E-state index in [1.165, 1.54) is 19.2 Å². The molecule has 6 nitrogen and oxygen atoms in total. The molecule has 2 saturated heterocycles. The van der Waals surface area contributed by atoms with Gasteiger partial charge in [0.25, 0.3) is 5.91 Å². The van der Waals surface area contributed by atoms with Crippen LogP contribution in [-0.2, 0) is 4.74 Å². The molecule has 2 aromatic rings. The lowest BCUT2D eigenvalue weighted by molar-refractivity contribution is 0.0297. The number of rotatable bonds is 4. The van der Waals surface area contributed by atoms with Gasteiger partial charge in [-0.2, -0.15) is 0 Å². The summed E-state index contributed by atoms with van der Waals surface area (Å²) >= 11 is 0. The third-order valence-corrected chi connectivity index (χ3v) is 5.30. The summed E-state index contributed by atoms with van der Waals surface area (Å²) in [6.07, 6.45) is 8.56. The molecule has 3 heterocycles. The Bertz CT molecular complexity index is 762. The second kappa shape index (κ2) is 8.59. The maximum absolute atomic E-state index is 13.1. The van der Waals surface area contributed by atoms with E-state index in [4.69, 9.17) is 4.74 Å². The molecule has 0 radical (unpaired) electrons. The highest BCUT2D eigenvalue weighted by Crippen LogP contribution is 2.20. The molecule has 0 aliphatic carbocycles. The minimum absolute atomic E-state index is 0.0746. The molecule has 2 aliphatic heterocycles. The monoisotopic (exact) mass is 366 g/mol. The summed E-state index contributed by atoms with van der Waals surface area (Å²) in [6, 6.07) is 7.72. The molecule has 0 N–H and O–H groups in total. The summed E-state index contributed by atoms with van der Waals surface area (Å²) in [7, 11) is 0. The zero-order valence-corrected chi connectivity index (χ0v) is 15.6. The molecular formula is C21H26N4O2. The summed E-state index contributed by atoms with van der Waals surface area (Å²) in [4.78, 5) is 25.7. The van der Waals surface area contributed by atoms with Crippen LogP contribution in [0.3, 0.4) is 0 Å². The molecule has 1 atom stereocenters. The molecule has 0 saturated carbocycles. The number of carbonyl (C=O) groups is 1. The lowest BCUT2D eigenvalue weighted by atomic mass is 10.0. The van der Waals surface area contributed by atoms with Crippen LogP contribution < -0.4 is 0 Å². The van der Waals surface area contributed by atoms with Crippen molar-refractivity contribution in [3.8, 4) is 11.1 Å². The number of hydrogen-bond acceptors (Lipinski definition) is 5. The van der Waals surface area contributed by atoms with E-state index in [0.29, 0.717) is 12.1 Å². The fraction of sp³-hybridized carbons (Fsp3) is 0.476. The van der Waals surface area contributed by atoms with Gasteiger partial charge in [-0.25, -0.2) is 9.97 Å². The summed E-state index contributed by atoms with van der Waals surface area (Å²) < 4.78 is 6.02. The molecule has 1 aromatic heterocycles. The van der Waals surface area contributed by atoms with Gasteiger partial charge in [0, 0.05) is 49.8 Å². The summed E-state index contributed by atoms with van der Waals surface area (Å²) in [5, 5.41) is 0. The summed E-state index contributed by atoms with van der Waals surface area (Å²) in [5.41, 5.74) is 2.58. The van der Waals surface area contributed by atoms with E-state index >= 15 is 0 Å². The Balaban J connectivity index is 1.47. The van der Waals surface area contributed by atoms with Gasteiger partial charge in [0.15, 0.2) is 0 Å². The summed E-state index contributed by atoms with van der Waals surface area (Å²) in [6.45, 7) is 5.35. The van der Waals surface area contributed by atoms with Crippen LogP contribution in [0, 0.1) is 0 Å². The van der Waals surface area contributed by atoms with Crippen LogP contribution in [0.1, 0.15) is 29.6 Å². The first-order chi connectivity index (χ1) is 13.3. The van der Waals surface area contributed by atoms with Crippen molar-refractivity contribution in [3.05, 3.63) is 48.5 Å². The number of hydrogen-bond donors (Lipinski definition) is 0. The lowest BCUT2D eigenvalue weighted by Gasteiger charge is -2.27. The molecule has 6 heteroatoms. The second-order valence-corrected chi connectivity index (χ2v) is 7.31. The number of nitrogens with zero attached hydrogens (tertiary/aromatic N) is 4. The molecule has 4 rings (SSSR count). The molecule has 1 aromatic carbocycles. The topological polar surface area (TPSA) is 58.6 Å². The van der Waals surface area contributed by atoms with Crippen LogP contribution >= 0.6 is 0 Å². The smallest absolute Gasteiger partial charge is 0.253 e. The molecule has 142 valence electrons. The molecule has 0 spiro atoms. The Morgan fingerprint density at radius 2 is 1.89 bits per heavy atom. The van der Waals surface area contributed by atoms with Crippen LogP contribution in [0.25, 0.3) is 11.1 Å². The van der Waals surface area contributed by atoms with Crippen molar-refractivity contribution in [1.82, 2.24) is 19.8 Å². The molecule has 27 heavy (non-hydrogen) atoms. The predicted molar refractivity (Wildman–Crippen MR) is 103 cm³/mol. The van der Waals surface area contributed by atoms with E-state index < -0.39 is 0 Å². The Hall–Kier alpha value is -2.31. The van der Waals surface area contributed by atoms with E-state index in [0.717, 1.165) is 50.3 Å². The standard InChI is InChI=1S/C21H26N4O2/c26-21(18-6-3-5-17(11-18)19-12-22-16-23-13-19)25-9-4-10-27-20(15-25)14-24-7-1-2-8-24/h3,5-6,11-13,16,20H,1-2,4,7-10,14-15H2. The predicted octanol–water partition coefficient (Wildman–Crippen LogP) is 2.47. The number of amides is 1. The van der Waals surface area contributed by atoms with Gasteiger partial charge < -0.3 is 14.5 Å². The highest BCUT2D eigenvalue weighted by molar-refractivity contribution is 5.95. The lowest BCUT2D eigenvalue weighted by Crippen LogP contribution is -2.41. The fourth-order valence-electron chi connectivity index (χ4n) is 3.91. The van der Waals surface area contributed by atoms with E-state index in [1.807, 2.05) is 29.2 Å². The van der Waals surface area contributed by atoms with Gasteiger partial charge in [0.2, 0.25) is 0 Å². The van der Waals surface area contributed by atoms with Crippen molar-refractivity contribution in [1.29, 1.82) is 0 Å². The largest absolute Gasteiger partial charge is 0.375 e. The van der Waals surface area contributed by atoms with Crippen molar-refractivity contribution >= 4 is 5.91 Å². The molecule has 1 unspecified atom stereocenters. The van der Waals surface area contributed by atoms with E-state index in [9.17, 15) is 4.79 Å². The minimum Gasteiger partial charge on any atom is -0.375 e. The number of benzene rings is 1. The third-order valence-electron chi connectivity index (χ3n) is 5.30. The quantitative estimate of drug-likeness (QED) is 0.832. The van der Waals surface area contributed by atoms with Gasteiger partial charge in [-0.1, -0.05) is 12.1 Å². The van der Waals surface area contributed by atoms with Gasteiger partial charge in [0.1, 0.15) is 6.33 Å². The van der Waals surface area contributed by atoms with Crippen LogP contribution in [0.5, 0.6) is 0 Å². The molecule has 0 bridgehead atoms. The Morgan fingerprint density at radius 1 is 1.07 bits per heavy atom. The molecule has 1 amide bonds. The van der Waals surface area contributed by atoms with Crippen molar-refractivity contribution in [3.63, 3.8) is 0 Å². The zero-order chi connectivity index (χ0) is 18.5. The Morgan fingerprint density at radius 3 is 2.70 bits per heavy atom. The van der Waals surface area contributed by atoms with Crippen LogP contribution in [0.4, 0.5) is 0 Å². The van der Waals surface area contributed by atoms with Crippen LogP contribution in [0.15, 0.2) is 43.0 Å². The maximum atomic E-state index is 13.1. The van der Waals surface area contributed by atoms with E-state index in [1.54, 1.807) is 12.4 Å².